The van der Waals surface area contributed by atoms with E-state index < -0.39 is 0 Å². The number of anilines is 2. The van der Waals surface area contributed by atoms with E-state index >= 15 is 0 Å². The fourth-order valence-corrected chi connectivity index (χ4v) is 5.13. The summed E-state index contributed by atoms with van der Waals surface area (Å²) in [6.07, 6.45) is 0. The Bertz CT molecular complexity index is 1610. The van der Waals surface area contributed by atoms with Crippen LogP contribution in [0.15, 0.2) is 72.8 Å². The quantitative estimate of drug-likeness (QED) is 0.257. The average molecular weight is 514 g/mol. The van der Waals surface area contributed by atoms with E-state index in [9.17, 15) is 9.18 Å². The fourth-order valence-electron chi connectivity index (χ4n) is 4.11. The number of carbonyl (C=O) groups excluding carboxylic acids is 1. The number of halogens is 1. The summed E-state index contributed by atoms with van der Waals surface area (Å²) in [5, 5.41) is 3.47. The second-order valence-corrected chi connectivity index (χ2v) is 9.48. The zero-order valence-electron chi connectivity index (χ0n) is 20.5. The number of ether oxygens (including phenoxy) is 2. The van der Waals surface area contributed by atoms with Crippen molar-refractivity contribution in [2.45, 2.75) is 6.92 Å². The van der Waals surface area contributed by atoms with Crippen LogP contribution < -0.4 is 20.5 Å². The Kier molecular flexibility index (Phi) is 6.50. The van der Waals surface area contributed by atoms with Crippen LogP contribution >= 0.6 is 11.3 Å². The molecule has 0 spiro atoms. The average Bonchev–Trinajstić information content (AvgIpc) is 3.25. The molecule has 0 aliphatic carbocycles. The summed E-state index contributed by atoms with van der Waals surface area (Å²) >= 11 is 1.21. The summed E-state index contributed by atoms with van der Waals surface area (Å²) < 4.78 is 24.2. The number of rotatable bonds is 6. The molecule has 5 aromatic rings. The van der Waals surface area contributed by atoms with Crippen LogP contribution in [0.1, 0.15) is 15.2 Å². The number of aryl methyl sites for hydroxylation is 1. The molecule has 1 amide bonds. The third-order valence-corrected chi connectivity index (χ3v) is 7.15. The third-order valence-electron chi connectivity index (χ3n) is 6.05. The minimum absolute atomic E-state index is 0.326. The highest BCUT2D eigenvalue weighted by molar-refractivity contribution is 7.21. The van der Waals surface area contributed by atoms with Crippen LogP contribution in [0.5, 0.6) is 11.5 Å². The molecule has 0 unspecified atom stereocenters. The van der Waals surface area contributed by atoms with Gasteiger partial charge in [-0.15, -0.1) is 11.3 Å². The summed E-state index contributed by atoms with van der Waals surface area (Å²) in [6, 6.07) is 21.3. The molecule has 0 aliphatic heterocycles. The summed E-state index contributed by atoms with van der Waals surface area (Å²) in [5.41, 5.74) is 11.9. The lowest BCUT2D eigenvalue weighted by molar-refractivity contribution is 0.103. The zero-order chi connectivity index (χ0) is 26.1. The molecule has 0 aliphatic rings. The third kappa shape index (κ3) is 4.71. The minimum Gasteiger partial charge on any atom is -0.493 e. The predicted molar refractivity (Wildman–Crippen MR) is 147 cm³/mol. The molecule has 2 heterocycles. The van der Waals surface area contributed by atoms with E-state index in [4.69, 9.17) is 20.2 Å². The van der Waals surface area contributed by atoms with E-state index in [1.165, 1.54) is 35.6 Å². The van der Waals surface area contributed by atoms with Crippen LogP contribution in [0.4, 0.5) is 15.8 Å². The number of amides is 1. The first-order valence-corrected chi connectivity index (χ1v) is 12.3. The van der Waals surface area contributed by atoms with Gasteiger partial charge in [0.1, 0.15) is 15.5 Å². The van der Waals surface area contributed by atoms with Crippen molar-refractivity contribution in [1.29, 1.82) is 0 Å². The number of nitrogens with two attached hydrogens (primary N) is 1. The first kappa shape index (κ1) is 24.3. The molecule has 3 N–H and O–H groups in total. The first-order chi connectivity index (χ1) is 17.9. The number of methoxy groups -OCH3 is 2. The Morgan fingerprint density at radius 1 is 0.919 bits per heavy atom. The molecule has 0 saturated heterocycles. The Labute approximate surface area is 217 Å². The highest BCUT2D eigenvalue weighted by Crippen LogP contribution is 2.43. The van der Waals surface area contributed by atoms with Gasteiger partial charge in [0.05, 0.1) is 25.6 Å². The number of thiophene rings is 1. The van der Waals surface area contributed by atoms with Crippen molar-refractivity contribution in [2.24, 2.45) is 0 Å². The number of benzene rings is 3. The number of hydrogen-bond donors (Lipinski definition) is 2. The van der Waals surface area contributed by atoms with Crippen LogP contribution in [0.2, 0.25) is 0 Å². The van der Waals surface area contributed by atoms with Crippen LogP contribution in [-0.4, -0.2) is 25.1 Å². The molecular formula is C29H24FN3O3S. The van der Waals surface area contributed by atoms with Crippen molar-refractivity contribution in [3.05, 3.63) is 89.1 Å². The van der Waals surface area contributed by atoms with E-state index in [2.05, 4.69) is 5.32 Å². The van der Waals surface area contributed by atoms with Crippen LogP contribution in [0, 0.1) is 12.7 Å². The van der Waals surface area contributed by atoms with Gasteiger partial charge in [0.25, 0.3) is 5.91 Å². The second-order valence-electron chi connectivity index (χ2n) is 8.48. The number of nitrogens with zero attached hydrogens (tertiary/aromatic N) is 1. The maximum atomic E-state index is 13.3. The maximum absolute atomic E-state index is 13.3. The first-order valence-electron chi connectivity index (χ1n) is 11.5. The van der Waals surface area contributed by atoms with Gasteiger partial charge in [-0.05, 0) is 60.5 Å². The van der Waals surface area contributed by atoms with Crippen molar-refractivity contribution in [3.63, 3.8) is 0 Å². The Morgan fingerprint density at radius 2 is 1.59 bits per heavy atom. The fraction of sp³-hybridized carbons (Fsp3) is 0.103. The highest BCUT2D eigenvalue weighted by atomic mass is 32.1. The second kappa shape index (κ2) is 9.91. The summed E-state index contributed by atoms with van der Waals surface area (Å²) in [4.78, 5) is 19.0. The Balaban J connectivity index is 1.68. The molecular weight excluding hydrogens is 489 g/mol. The van der Waals surface area contributed by atoms with Crippen LogP contribution in [-0.2, 0) is 0 Å². The molecule has 6 nitrogen and oxygen atoms in total. The van der Waals surface area contributed by atoms with Gasteiger partial charge in [-0.3, -0.25) is 4.79 Å². The normalized spacial score (nSPS) is 10.9. The van der Waals surface area contributed by atoms with E-state index in [0.717, 1.165) is 27.9 Å². The van der Waals surface area contributed by atoms with Crippen molar-refractivity contribution < 1.29 is 18.7 Å². The number of fused-ring (bicyclic) bond motifs is 1. The van der Waals surface area contributed by atoms with E-state index in [1.54, 1.807) is 14.2 Å². The van der Waals surface area contributed by atoms with Gasteiger partial charge >= 0.3 is 0 Å². The predicted octanol–water partition coefficient (Wildman–Crippen LogP) is 6.93. The van der Waals surface area contributed by atoms with Crippen molar-refractivity contribution in [2.75, 3.05) is 25.3 Å². The lowest BCUT2D eigenvalue weighted by atomic mass is 9.98. The monoisotopic (exact) mass is 513 g/mol. The molecule has 5 rings (SSSR count). The van der Waals surface area contributed by atoms with Gasteiger partial charge in [-0.2, -0.15) is 0 Å². The topological polar surface area (TPSA) is 86.5 Å². The summed E-state index contributed by atoms with van der Waals surface area (Å²) in [7, 11) is 3.17. The van der Waals surface area contributed by atoms with Crippen molar-refractivity contribution in [1.82, 2.24) is 4.98 Å². The van der Waals surface area contributed by atoms with Crippen molar-refractivity contribution in [3.8, 4) is 33.9 Å². The molecule has 2 aromatic heterocycles. The van der Waals surface area contributed by atoms with Gasteiger partial charge < -0.3 is 20.5 Å². The summed E-state index contributed by atoms with van der Waals surface area (Å²) in [5.74, 6) is 0.409. The minimum atomic E-state index is -0.387. The highest BCUT2D eigenvalue weighted by Gasteiger charge is 2.22. The molecule has 0 saturated carbocycles. The van der Waals surface area contributed by atoms with E-state index in [1.807, 2.05) is 55.5 Å². The molecule has 8 heteroatoms. The maximum Gasteiger partial charge on any atom is 0.267 e. The lowest BCUT2D eigenvalue weighted by Crippen LogP contribution is -2.11. The molecule has 0 radical (unpaired) electrons. The zero-order valence-corrected chi connectivity index (χ0v) is 21.3. The number of nitrogens with one attached hydrogen (secondary N) is 1. The van der Waals surface area contributed by atoms with Gasteiger partial charge in [0, 0.05) is 16.6 Å². The molecule has 0 atom stereocenters. The standard InChI is InChI=1S/C29H24FN3O3S/c1-16-4-6-17(7-5-16)22-15-21(18-8-13-23(35-2)24(14-18)36-3)25-26(31)27(37-29(25)33-22)28(34)32-20-11-9-19(30)10-12-20/h4-15H,31H2,1-3H3,(H,32,34). The van der Waals surface area contributed by atoms with E-state index in [0.29, 0.717) is 38.0 Å². The lowest BCUT2D eigenvalue weighted by Gasteiger charge is -2.12. The molecule has 37 heavy (non-hydrogen) atoms. The Morgan fingerprint density at radius 3 is 2.27 bits per heavy atom. The number of hydrogen-bond acceptors (Lipinski definition) is 6. The SMILES string of the molecule is COc1ccc(-c2cc(-c3ccc(C)cc3)nc3sc(C(=O)Nc4ccc(F)cc4)c(N)c23)cc1OC. The Hall–Kier alpha value is -4.43. The van der Waals surface area contributed by atoms with Gasteiger partial charge in [-0.1, -0.05) is 35.9 Å². The summed E-state index contributed by atoms with van der Waals surface area (Å²) in [6.45, 7) is 2.03. The van der Waals surface area contributed by atoms with Crippen LogP contribution in [0.25, 0.3) is 32.6 Å². The van der Waals surface area contributed by atoms with Crippen molar-refractivity contribution >= 4 is 38.8 Å². The number of pyridine rings is 1. The number of carbonyl (C=O) groups is 1. The molecule has 3 aromatic carbocycles. The van der Waals surface area contributed by atoms with E-state index in [-0.39, 0.29) is 11.7 Å². The largest absolute Gasteiger partial charge is 0.493 e. The van der Waals surface area contributed by atoms with Crippen LogP contribution in [0.3, 0.4) is 0 Å². The van der Waals surface area contributed by atoms with Gasteiger partial charge in [0.2, 0.25) is 0 Å². The van der Waals surface area contributed by atoms with Gasteiger partial charge in [0.15, 0.2) is 11.5 Å². The van der Waals surface area contributed by atoms with Gasteiger partial charge in [-0.25, -0.2) is 9.37 Å². The number of aromatic nitrogens is 1. The molecule has 0 bridgehead atoms. The molecule has 186 valence electrons. The number of nitrogen functional groups attached to an aromatic ring is 1. The smallest absolute Gasteiger partial charge is 0.267 e. The molecule has 0 fully saturated rings.